The molecule has 0 bridgehead atoms. The molecule has 104 valence electrons. The molecule has 1 atom stereocenters. The van der Waals surface area contributed by atoms with Gasteiger partial charge in [0.15, 0.2) is 6.10 Å². The van der Waals surface area contributed by atoms with Crippen molar-refractivity contribution in [1.29, 1.82) is 0 Å². The predicted octanol–water partition coefficient (Wildman–Crippen LogP) is 2.33. The third-order valence-electron chi connectivity index (χ3n) is 2.62. The molecular formula is C14H18O5. The number of hydrogen-bond donors (Lipinski definition) is 1. The highest BCUT2D eigenvalue weighted by Crippen LogP contribution is 2.26. The number of carboxylic acids is 1. The van der Waals surface area contributed by atoms with Crippen molar-refractivity contribution in [1.82, 2.24) is 0 Å². The molecule has 0 saturated carbocycles. The normalized spacial score (nSPS) is 11.8. The van der Waals surface area contributed by atoms with Gasteiger partial charge >= 0.3 is 11.9 Å². The molecule has 1 N–H and O–H groups in total. The first-order chi connectivity index (χ1) is 8.86. The Hall–Kier alpha value is -2.04. The van der Waals surface area contributed by atoms with E-state index in [1.165, 1.54) is 12.1 Å². The van der Waals surface area contributed by atoms with Crippen LogP contribution in [-0.2, 0) is 9.53 Å². The van der Waals surface area contributed by atoms with Crippen LogP contribution in [0, 0.1) is 13.8 Å². The minimum atomic E-state index is -0.990. The highest BCUT2D eigenvalue weighted by atomic mass is 16.6. The topological polar surface area (TPSA) is 72.8 Å². The summed E-state index contributed by atoms with van der Waals surface area (Å²) in [5.74, 6) is -0.912. The van der Waals surface area contributed by atoms with Crippen molar-refractivity contribution in [3.05, 3.63) is 28.8 Å². The van der Waals surface area contributed by atoms with Crippen molar-refractivity contribution in [3.63, 3.8) is 0 Å². The number of hydrogen-bond acceptors (Lipinski definition) is 4. The Labute approximate surface area is 112 Å². The van der Waals surface area contributed by atoms with E-state index in [9.17, 15) is 9.59 Å². The molecule has 0 spiro atoms. The van der Waals surface area contributed by atoms with Gasteiger partial charge in [0.1, 0.15) is 5.75 Å². The summed E-state index contributed by atoms with van der Waals surface area (Å²) >= 11 is 0. The Kier molecular flexibility index (Phi) is 4.92. The van der Waals surface area contributed by atoms with Crippen LogP contribution in [0.3, 0.4) is 0 Å². The monoisotopic (exact) mass is 266 g/mol. The third-order valence-corrected chi connectivity index (χ3v) is 2.62. The molecule has 0 amide bonds. The number of aryl methyl sites for hydroxylation is 2. The van der Waals surface area contributed by atoms with Crippen LogP contribution >= 0.6 is 0 Å². The second-order valence-corrected chi connectivity index (χ2v) is 4.26. The lowest BCUT2D eigenvalue weighted by Gasteiger charge is -2.17. The minimum Gasteiger partial charge on any atom is -0.478 e. The lowest BCUT2D eigenvalue weighted by atomic mass is 10.1. The molecule has 1 aromatic carbocycles. The van der Waals surface area contributed by atoms with Gasteiger partial charge in [0.05, 0.1) is 12.2 Å². The van der Waals surface area contributed by atoms with Gasteiger partial charge in [-0.1, -0.05) is 0 Å². The molecule has 5 heteroatoms. The first-order valence-corrected chi connectivity index (χ1v) is 6.04. The van der Waals surface area contributed by atoms with Crippen molar-refractivity contribution in [2.75, 3.05) is 6.61 Å². The van der Waals surface area contributed by atoms with Crippen LogP contribution in [0.5, 0.6) is 5.75 Å². The fourth-order valence-electron chi connectivity index (χ4n) is 1.74. The summed E-state index contributed by atoms with van der Waals surface area (Å²) in [6, 6.07) is 3.03. The summed E-state index contributed by atoms with van der Waals surface area (Å²) in [6.45, 7) is 7.10. The van der Waals surface area contributed by atoms with E-state index in [2.05, 4.69) is 0 Å². The Bertz CT molecular complexity index is 470. The molecule has 0 aromatic heterocycles. The molecule has 0 fully saturated rings. The maximum absolute atomic E-state index is 11.5. The van der Waals surface area contributed by atoms with E-state index in [1.54, 1.807) is 27.7 Å². The lowest BCUT2D eigenvalue weighted by Crippen LogP contribution is -2.26. The molecule has 0 aliphatic carbocycles. The van der Waals surface area contributed by atoms with Gasteiger partial charge in [0.2, 0.25) is 0 Å². The average Bonchev–Trinajstić information content (AvgIpc) is 2.33. The summed E-state index contributed by atoms with van der Waals surface area (Å²) < 4.78 is 10.4. The van der Waals surface area contributed by atoms with Gasteiger partial charge in [0, 0.05) is 0 Å². The molecule has 5 nitrogen and oxygen atoms in total. The molecule has 0 heterocycles. The molecular weight excluding hydrogens is 248 g/mol. The second kappa shape index (κ2) is 6.22. The number of carbonyl (C=O) groups is 2. The molecule has 0 aliphatic heterocycles. The highest BCUT2D eigenvalue weighted by molar-refractivity contribution is 5.88. The molecule has 19 heavy (non-hydrogen) atoms. The van der Waals surface area contributed by atoms with Gasteiger partial charge < -0.3 is 14.6 Å². The first kappa shape index (κ1) is 15.0. The number of aromatic carboxylic acids is 1. The Morgan fingerprint density at radius 2 is 1.79 bits per heavy atom. The van der Waals surface area contributed by atoms with Crippen LogP contribution in [0.4, 0.5) is 0 Å². The number of carboxylic acid groups (broad SMARTS) is 1. The van der Waals surface area contributed by atoms with E-state index in [0.29, 0.717) is 23.5 Å². The fourth-order valence-corrected chi connectivity index (χ4v) is 1.74. The molecule has 0 unspecified atom stereocenters. The van der Waals surface area contributed by atoms with E-state index in [0.717, 1.165) is 0 Å². The fraction of sp³-hybridized carbons (Fsp3) is 0.429. The summed E-state index contributed by atoms with van der Waals surface area (Å²) in [5, 5.41) is 8.95. The van der Waals surface area contributed by atoms with Crippen LogP contribution in [0.15, 0.2) is 12.1 Å². The number of ether oxygens (including phenoxy) is 2. The van der Waals surface area contributed by atoms with Crippen LogP contribution in [0.2, 0.25) is 0 Å². The van der Waals surface area contributed by atoms with E-state index < -0.39 is 18.0 Å². The van der Waals surface area contributed by atoms with Gasteiger partial charge in [-0.15, -0.1) is 0 Å². The van der Waals surface area contributed by atoms with Gasteiger partial charge in [-0.05, 0) is 51.0 Å². The van der Waals surface area contributed by atoms with E-state index in [-0.39, 0.29) is 5.56 Å². The van der Waals surface area contributed by atoms with Crippen molar-refractivity contribution in [2.45, 2.75) is 33.8 Å². The van der Waals surface area contributed by atoms with E-state index in [4.69, 9.17) is 14.6 Å². The van der Waals surface area contributed by atoms with Crippen LogP contribution < -0.4 is 4.74 Å². The minimum absolute atomic E-state index is 0.200. The van der Waals surface area contributed by atoms with E-state index >= 15 is 0 Å². The zero-order valence-electron chi connectivity index (χ0n) is 11.5. The number of benzene rings is 1. The quantitative estimate of drug-likeness (QED) is 0.828. The average molecular weight is 266 g/mol. The molecule has 1 rings (SSSR count). The predicted molar refractivity (Wildman–Crippen MR) is 69.6 cm³/mol. The Morgan fingerprint density at radius 1 is 1.26 bits per heavy atom. The Morgan fingerprint density at radius 3 is 2.21 bits per heavy atom. The van der Waals surface area contributed by atoms with Crippen molar-refractivity contribution in [3.8, 4) is 5.75 Å². The molecule has 0 saturated heterocycles. The zero-order chi connectivity index (χ0) is 14.6. The lowest BCUT2D eigenvalue weighted by molar-refractivity contribution is -0.150. The summed E-state index contributed by atoms with van der Waals surface area (Å²) in [4.78, 5) is 22.4. The van der Waals surface area contributed by atoms with Crippen LogP contribution in [-0.4, -0.2) is 29.8 Å². The zero-order valence-corrected chi connectivity index (χ0v) is 11.5. The number of esters is 1. The van der Waals surface area contributed by atoms with Gasteiger partial charge in [-0.3, -0.25) is 0 Å². The smallest absolute Gasteiger partial charge is 0.347 e. The largest absolute Gasteiger partial charge is 0.478 e. The molecule has 0 radical (unpaired) electrons. The number of rotatable bonds is 5. The molecule has 0 aliphatic rings. The van der Waals surface area contributed by atoms with Crippen LogP contribution in [0.1, 0.15) is 35.3 Å². The van der Waals surface area contributed by atoms with Crippen LogP contribution in [0.25, 0.3) is 0 Å². The van der Waals surface area contributed by atoms with Gasteiger partial charge in [0.25, 0.3) is 0 Å². The van der Waals surface area contributed by atoms with Crippen molar-refractivity contribution >= 4 is 11.9 Å². The summed E-state index contributed by atoms with van der Waals surface area (Å²) in [7, 11) is 0. The van der Waals surface area contributed by atoms with Gasteiger partial charge in [-0.25, -0.2) is 9.59 Å². The number of carbonyl (C=O) groups excluding carboxylic acids is 1. The highest BCUT2D eigenvalue weighted by Gasteiger charge is 2.19. The maximum atomic E-state index is 11.5. The Balaban J connectivity index is 2.96. The SMILES string of the molecule is CCOC(=O)[C@@H](C)Oc1c(C)cc(C(=O)O)cc1C. The standard InChI is InChI=1S/C14H18O5/c1-5-18-14(17)10(4)19-12-8(2)6-11(13(15)16)7-9(12)3/h6-7,10H,5H2,1-4H3,(H,15,16)/t10-/m1/s1. The van der Waals surface area contributed by atoms with Crippen molar-refractivity contribution in [2.24, 2.45) is 0 Å². The van der Waals surface area contributed by atoms with Crippen molar-refractivity contribution < 1.29 is 24.2 Å². The maximum Gasteiger partial charge on any atom is 0.347 e. The van der Waals surface area contributed by atoms with Gasteiger partial charge in [-0.2, -0.15) is 0 Å². The summed E-state index contributed by atoms with van der Waals surface area (Å²) in [5.41, 5.74) is 1.55. The first-order valence-electron chi connectivity index (χ1n) is 6.04. The molecule has 1 aromatic rings. The summed E-state index contributed by atoms with van der Waals surface area (Å²) in [6.07, 6.45) is -0.729. The van der Waals surface area contributed by atoms with E-state index in [1.807, 2.05) is 0 Å². The third kappa shape index (κ3) is 3.71. The second-order valence-electron chi connectivity index (χ2n) is 4.26.